The first-order valence-electron chi connectivity index (χ1n) is 9.96. The van der Waals surface area contributed by atoms with E-state index in [4.69, 9.17) is 0 Å². The van der Waals surface area contributed by atoms with Crippen LogP contribution in [0.15, 0.2) is 29.7 Å². The average molecular weight is 386 g/mol. The third kappa shape index (κ3) is 4.18. The van der Waals surface area contributed by atoms with Crippen LogP contribution in [0.4, 0.5) is 0 Å². The number of pyridine rings is 1. The molecule has 2 aromatic heterocycles. The van der Waals surface area contributed by atoms with Crippen molar-refractivity contribution in [2.45, 2.75) is 74.9 Å². The van der Waals surface area contributed by atoms with Gasteiger partial charge < -0.3 is 5.32 Å². The van der Waals surface area contributed by atoms with E-state index >= 15 is 0 Å². The summed E-state index contributed by atoms with van der Waals surface area (Å²) >= 11 is 1.51. The number of amides is 1. The van der Waals surface area contributed by atoms with Crippen molar-refractivity contribution >= 4 is 17.7 Å². The lowest BCUT2D eigenvalue weighted by atomic mass is 9.86. The highest BCUT2D eigenvalue weighted by molar-refractivity contribution is 8.00. The van der Waals surface area contributed by atoms with E-state index in [1.165, 1.54) is 31.0 Å². The highest BCUT2D eigenvalue weighted by Crippen LogP contribution is 2.41. The molecule has 4 rings (SSSR count). The Bertz CT molecular complexity index is 789. The van der Waals surface area contributed by atoms with Gasteiger partial charge in [0.15, 0.2) is 11.0 Å². The molecular weight excluding hydrogens is 358 g/mol. The summed E-state index contributed by atoms with van der Waals surface area (Å²) in [6.07, 6.45) is 10.6. The normalized spacial score (nSPS) is 23.8. The fourth-order valence-corrected chi connectivity index (χ4v) is 4.69. The van der Waals surface area contributed by atoms with Gasteiger partial charge in [-0.1, -0.05) is 31.5 Å². The van der Waals surface area contributed by atoms with Crippen LogP contribution in [-0.2, 0) is 4.79 Å². The molecule has 3 atom stereocenters. The Morgan fingerprint density at radius 2 is 1.93 bits per heavy atom. The lowest BCUT2D eigenvalue weighted by Gasteiger charge is -2.30. The SMILES string of the molecule is C[C@@H](Sc1nnc(-c2ccncc2)n1C1CC1)C(=O)N[C@H]1CCCC[C@@H]1C. The third-order valence-corrected chi connectivity index (χ3v) is 6.66. The molecule has 2 saturated carbocycles. The van der Waals surface area contributed by atoms with Crippen LogP contribution in [0, 0.1) is 5.92 Å². The van der Waals surface area contributed by atoms with Gasteiger partial charge in [0.1, 0.15) is 0 Å². The standard InChI is InChI=1S/C20H27N5OS/c1-13-5-3-4-6-17(13)22-19(26)14(2)27-20-24-23-18(25(20)16-7-8-16)15-9-11-21-12-10-15/h9-14,16-17H,3-8H2,1-2H3,(H,22,26)/t13-,14+,17-/m0/s1. The smallest absolute Gasteiger partial charge is 0.233 e. The van der Waals surface area contributed by atoms with E-state index in [-0.39, 0.29) is 11.2 Å². The summed E-state index contributed by atoms with van der Waals surface area (Å²) < 4.78 is 2.20. The van der Waals surface area contributed by atoms with Crippen molar-refractivity contribution in [1.29, 1.82) is 0 Å². The molecule has 2 aliphatic carbocycles. The van der Waals surface area contributed by atoms with E-state index in [1.807, 2.05) is 19.1 Å². The van der Waals surface area contributed by atoms with E-state index in [0.717, 1.165) is 35.8 Å². The molecule has 1 amide bonds. The van der Waals surface area contributed by atoms with Crippen LogP contribution in [0.1, 0.15) is 58.4 Å². The zero-order chi connectivity index (χ0) is 18.8. The number of hydrogen-bond acceptors (Lipinski definition) is 5. The van der Waals surface area contributed by atoms with Gasteiger partial charge in [0.25, 0.3) is 0 Å². The summed E-state index contributed by atoms with van der Waals surface area (Å²) in [6.45, 7) is 4.21. The Hall–Kier alpha value is -1.89. The number of carbonyl (C=O) groups excluding carboxylic acids is 1. The molecule has 1 N–H and O–H groups in total. The first-order valence-corrected chi connectivity index (χ1v) is 10.8. The van der Waals surface area contributed by atoms with E-state index in [9.17, 15) is 4.79 Å². The van der Waals surface area contributed by atoms with Crippen LogP contribution in [0.25, 0.3) is 11.4 Å². The first-order chi connectivity index (χ1) is 13.1. The number of hydrogen-bond donors (Lipinski definition) is 1. The highest BCUT2D eigenvalue weighted by Gasteiger charge is 2.32. The van der Waals surface area contributed by atoms with Crippen LogP contribution in [0.2, 0.25) is 0 Å². The summed E-state index contributed by atoms with van der Waals surface area (Å²) in [4.78, 5) is 16.8. The van der Waals surface area contributed by atoms with Crippen LogP contribution < -0.4 is 5.32 Å². The third-order valence-electron chi connectivity index (χ3n) is 5.61. The minimum absolute atomic E-state index is 0.106. The van der Waals surface area contributed by atoms with Gasteiger partial charge >= 0.3 is 0 Å². The number of thioether (sulfide) groups is 1. The molecule has 2 heterocycles. The van der Waals surface area contributed by atoms with Crippen molar-refractivity contribution in [2.75, 3.05) is 0 Å². The molecule has 0 spiro atoms. The molecule has 144 valence electrons. The predicted molar refractivity (Wildman–Crippen MR) is 106 cm³/mol. The van der Waals surface area contributed by atoms with Crippen LogP contribution in [0.3, 0.4) is 0 Å². The van der Waals surface area contributed by atoms with Gasteiger partial charge in [-0.3, -0.25) is 14.3 Å². The minimum atomic E-state index is -0.189. The first kappa shape index (κ1) is 18.5. The van der Waals surface area contributed by atoms with Crippen LogP contribution in [-0.4, -0.2) is 36.9 Å². The molecule has 2 fully saturated rings. The Labute approximate surface area is 164 Å². The summed E-state index contributed by atoms with van der Waals surface area (Å²) in [7, 11) is 0. The Kier molecular flexibility index (Phi) is 5.48. The zero-order valence-electron chi connectivity index (χ0n) is 16.0. The molecule has 0 aromatic carbocycles. The molecule has 27 heavy (non-hydrogen) atoms. The predicted octanol–water partition coefficient (Wildman–Crippen LogP) is 3.85. The van der Waals surface area contributed by atoms with Gasteiger partial charge in [-0.25, -0.2) is 0 Å². The monoisotopic (exact) mass is 385 g/mol. The van der Waals surface area contributed by atoms with E-state index in [0.29, 0.717) is 18.0 Å². The van der Waals surface area contributed by atoms with Gasteiger partial charge in [0.2, 0.25) is 5.91 Å². The van der Waals surface area contributed by atoms with Crippen molar-refractivity contribution in [3.05, 3.63) is 24.5 Å². The van der Waals surface area contributed by atoms with Crippen LogP contribution in [0.5, 0.6) is 0 Å². The quantitative estimate of drug-likeness (QED) is 0.765. The molecule has 2 aliphatic rings. The number of nitrogens with zero attached hydrogens (tertiary/aromatic N) is 4. The summed E-state index contributed by atoms with van der Waals surface area (Å²) in [6, 6.07) is 4.66. The van der Waals surface area contributed by atoms with Gasteiger partial charge in [-0.15, -0.1) is 10.2 Å². The zero-order valence-corrected chi connectivity index (χ0v) is 16.8. The number of nitrogens with one attached hydrogen (secondary N) is 1. The highest BCUT2D eigenvalue weighted by atomic mass is 32.2. The topological polar surface area (TPSA) is 72.7 Å². The summed E-state index contributed by atoms with van der Waals surface area (Å²) in [5.41, 5.74) is 1.02. The second kappa shape index (κ2) is 8.00. The number of carbonyl (C=O) groups is 1. The lowest BCUT2D eigenvalue weighted by molar-refractivity contribution is -0.121. The molecule has 7 heteroatoms. The van der Waals surface area contributed by atoms with Gasteiger partial charge in [-0.2, -0.15) is 0 Å². The maximum atomic E-state index is 12.7. The van der Waals surface area contributed by atoms with E-state index < -0.39 is 0 Å². The van der Waals surface area contributed by atoms with Crippen molar-refractivity contribution in [3.63, 3.8) is 0 Å². The molecule has 0 unspecified atom stereocenters. The molecule has 0 bridgehead atoms. The largest absolute Gasteiger partial charge is 0.352 e. The fourth-order valence-electron chi connectivity index (χ4n) is 3.76. The Morgan fingerprint density at radius 1 is 1.19 bits per heavy atom. The second-order valence-electron chi connectivity index (χ2n) is 7.78. The molecule has 0 saturated heterocycles. The molecular formula is C20H27N5OS. The lowest BCUT2D eigenvalue weighted by Crippen LogP contribution is -2.44. The van der Waals surface area contributed by atoms with Gasteiger partial charge in [-0.05, 0) is 50.7 Å². The maximum Gasteiger partial charge on any atom is 0.233 e. The summed E-state index contributed by atoms with van der Waals surface area (Å²) in [5.74, 6) is 1.54. The summed E-state index contributed by atoms with van der Waals surface area (Å²) in [5, 5.41) is 12.7. The van der Waals surface area contributed by atoms with Gasteiger partial charge in [0, 0.05) is 30.0 Å². The molecule has 2 aromatic rings. The van der Waals surface area contributed by atoms with Gasteiger partial charge in [0.05, 0.1) is 5.25 Å². The number of aromatic nitrogens is 4. The maximum absolute atomic E-state index is 12.7. The fraction of sp³-hybridized carbons (Fsp3) is 0.600. The number of rotatable bonds is 6. The molecule has 0 aliphatic heterocycles. The van der Waals surface area contributed by atoms with Crippen molar-refractivity contribution in [1.82, 2.24) is 25.1 Å². The Morgan fingerprint density at radius 3 is 2.63 bits per heavy atom. The Balaban J connectivity index is 1.47. The average Bonchev–Trinajstić information content (AvgIpc) is 3.44. The second-order valence-corrected chi connectivity index (χ2v) is 9.09. The van der Waals surface area contributed by atoms with E-state index in [2.05, 4.69) is 32.0 Å². The van der Waals surface area contributed by atoms with Crippen molar-refractivity contribution in [3.8, 4) is 11.4 Å². The van der Waals surface area contributed by atoms with Crippen LogP contribution >= 0.6 is 11.8 Å². The molecule has 6 nitrogen and oxygen atoms in total. The minimum Gasteiger partial charge on any atom is -0.352 e. The van der Waals surface area contributed by atoms with E-state index in [1.54, 1.807) is 12.4 Å². The van der Waals surface area contributed by atoms with Crippen molar-refractivity contribution < 1.29 is 4.79 Å². The molecule has 0 radical (unpaired) electrons. The van der Waals surface area contributed by atoms with Crippen molar-refractivity contribution in [2.24, 2.45) is 5.92 Å².